The van der Waals surface area contributed by atoms with Gasteiger partial charge in [-0.1, -0.05) is 55.0 Å². The molecule has 1 fully saturated rings. The van der Waals surface area contributed by atoms with Crippen LogP contribution in [0.5, 0.6) is 0 Å². The summed E-state index contributed by atoms with van der Waals surface area (Å²) in [7, 11) is -3.40. The van der Waals surface area contributed by atoms with Crippen molar-refractivity contribution in [2.75, 3.05) is 13.1 Å². The van der Waals surface area contributed by atoms with E-state index in [1.807, 2.05) is 37.3 Å². The number of sulfonamides is 1. The highest BCUT2D eigenvalue weighted by Crippen LogP contribution is 2.35. The van der Waals surface area contributed by atoms with E-state index in [-0.39, 0.29) is 5.92 Å². The summed E-state index contributed by atoms with van der Waals surface area (Å²) in [6, 6.07) is 17.3. The fourth-order valence-corrected chi connectivity index (χ4v) is 4.68. The Bertz CT molecular complexity index is 738. The molecule has 0 saturated carbocycles. The molecule has 0 bridgehead atoms. The van der Waals surface area contributed by atoms with Crippen LogP contribution in [0.3, 0.4) is 0 Å². The molecule has 0 aromatic heterocycles. The summed E-state index contributed by atoms with van der Waals surface area (Å²) in [6.07, 6.45) is 0. The van der Waals surface area contributed by atoms with Crippen molar-refractivity contribution >= 4 is 10.0 Å². The Kier molecular flexibility index (Phi) is 4.06. The van der Waals surface area contributed by atoms with E-state index in [1.54, 1.807) is 16.4 Å². The lowest BCUT2D eigenvalue weighted by Crippen LogP contribution is -2.29. The summed E-state index contributed by atoms with van der Waals surface area (Å²) in [6.45, 7) is 5.22. The van der Waals surface area contributed by atoms with Crippen molar-refractivity contribution < 1.29 is 8.42 Å². The third kappa shape index (κ3) is 2.81. The first-order valence-corrected chi connectivity index (χ1v) is 9.04. The Morgan fingerprint density at radius 2 is 1.59 bits per heavy atom. The van der Waals surface area contributed by atoms with E-state index in [0.29, 0.717) is 23.9 Å². The number of hydrogen-bond acceptors (Lipinski definition) is 2. The minimum Gasteiger partial charge on any atom is -0.207 e. The fraction of sp³-hybridized carbons (Fsp3) is 0.333. The van der Waals surface area contributed by atoms with Crippen LogP contribution in [0.4, 0.5) is 0 Å². The molecular weight excluding hydrogens is 294 g/mol. The number of aryl methyl sites for hydroxylation is 1. The quantitative estimate of drug-likeness (QED) is 0.870. The topological polar surface area (TPSA) is 37.4 Å². The van der Waals surface area contributed by atoms with Crippen LogP contribution in [0.1, 0.15) is 24.0 Å². The highest BCUT2D eigenvalue weighted by Gasteiger charge is 2.37. The van der Waals surface area contributed by atoms with E-state index in [1.165, 1.54) is 5.56 Å². The van der Waals surface area contributed by atoms with E-state index in [2.05, 4.69) is 19.1 Å². The molecule has 0 spiro atoms. The van der Waals surface area contributed by atoms with Gasteiger partial charge in [-0.3, -0.25) is 0 Å². The summed E-state index contributed by atoms with van der Waals surface area (Å²) in [4.78, 5) is 0.388. The second-order valence-corrected chi connectivity index (χ2v) is 8.07. The maximum Gasteiger partial charge on any atom is 0.243 e. The lowest BCUT2D eigenvalue weighted by atomic mass is 9.90. The van der Waals surface area contributed by atoms with Gasteiger partial charge in [-0.25, -0.2) is 8.42 Å². The normalized spacial score (nSPS) is 22.8. The SMILES string of the molecule is Cc1ccc(S(=O)(=O)N2C[C@@H](C)[C@@H](c3ccccc3)C2)cc1. The predicted octanol–water partition coefficient (Wildman–Crippen LogP) is 3.42. The summed E-state index contributed by atoms with van der Waals surface area (Å²) in [5.41, 5.74) is 2.28. The summed E-state index contributed by atoms with van der Waals surface area (Å²) in [5, 5.41) is 0. The van der Waals surface area contributed by atoms with Crippen LogP contribution < -0.4 is 0 Å². The molecule has 4 heteroatoms. The molecule has 1 heterocycles. The van der Waals surface area contributed by atoms with Gasteiger partial charge in [0, 0.05) is 19.0 Å². The molecular formula is C18H21NO2S. The average molecular weight is 315 g/mol. The van der Waals surface area contributed by atoms with E-state index in [0.717, 1.165) is 5.56 Å². The summed E-state index contributed by atoms with van der Waals surface area (Å²) in [5.74, 6) is 0.587. The van der Waals surface area contributed by atoms with Crippen LogP contribution in [0.15, 0.2) is 59.5 Å². The first-order valence-electron chi connectivity index (χ1n) is 7.60. The van der Waals surface area contributed by atoms with Gasteiger partial charge in [0.15, 0.2) is 0 Å². The van der Waals surface area contributed by atoms with Gasteiger partial charge in [-0.15, -0.1) is 0 Å². The smallest absolute Gasteiger partial charge is 0.207 e. The highest BCUT2D eigenvalue weighted by atomic mass is 32.2. The van der Waals surface area contributed by atoms with Crippen molar-refractivity contribution in [3.8, 4) is 0 Å². The first kappa shape index (κ1) is 15.3. The third-order valence-electron chi connectivity index (χ3n) is 4.47. The van der Waals surface area contributed by atoms with E-state index in [4.69, 9.17) is 0 Å². The summed E-state index contributed by atoms with van der Waals surface area (Å²) < 4.78 is 27.2. The Balaban J connectivity index is 1.86. The molecule has 2 atom stereocenters. The molecule has 1 aliphatic heterocycles. The van der Waals surface area contributed by atoms with Crippen molar-refractivity contribution in [1.82, 2.24) is 4.31 Å². The van der Waals surface area contributed by atoms with Crippen molar-refractivity contribution in [3.63, 3.8) is 0 Å². The maximum absolute atomic E-state index is 12.8. The van der Waals surface area contributed by atoms with Gasteiger partial charge in [0.1, 0.15) is 0 Å². The molecule has 3 rings (SSSR count). The highest BCUT2D eigenvalue weighted by molar-refractivity contribution is 7.89. The number of benzene rings is 2. The number of rotatable bonds is 3. The van der Waals surface area contributed by atoms with Crippen LogP contribution in [-0.4, -0.2) is 25.8 Å². The Morgan fingerprint density at radius 1 is 0.955 bits per heavy atom. The van der Waals surface area contributed by atoms with E-state index < -0.39 is 10.0 Å². The van der Waals surface area contributed by atoms with E-state index in [9.17, 15) is 8.42 Å². The van der Waals surface area contributed by atoms with Gasteiger partial charge in [-0.2, -0.15) is 4.31 Å². The van der Waals surface area contributed by atoms with Gasteiger partial charge in [0.25, 0.3) is 0 Å². The Labute approximate surface area is 132 Å². The predicted molar refractivity (Wildman–Crippen MR) is 88.3 cm³/mol. The zero-order valence-electron chi connectivity index (χ0n) is 12.9. The van der Waals surface area contributed by atoms with Crippen LogP contribution in [0.25, 0.3) is 0 Å². The van der Waals surface area contributed by atoms with Gasteiger partial charge in [-0.05, 0) is 30.5 Å². The average Bonchev–Trinajstić information content (AvgIpc) is 2.91. The second kappa shape index (κ2) is 5.86. The largest absolute Gasteiger partial charge is 0.243 e. The molecule has 1 saturated heterocycles. The van der Waals surface area contributed by atoms with Gasteiger partial charge in [0.2, 0.25) is 10.0 Å². The van der Waals surface area contributed by atoms with Crippen molar-refractivity contribution in [2.45, 2.75) is 24.7 Å². The lowest BCUT2D eigenvalue weighted by molar-refractivity contribution is 0.464. The number of hydrogen-bond donors (Lipinski definition) is 0. The third-order valence-corrected chi connectivity index (χ3v) is 6.31. The Hall–Kier alpha value is -1.65. The second-order valence-electron chi connectivity index (χ2n) is 6.13. The fourth-order valence-electron chi connectivity index (χ4n) is 3.11. The van der Waals surface area contributed by atoms with Crippen molar-refractivity contribution in [3.05, 3.63) is 65.7 Å². The van der Waals surface area contributed by atoms with Gasteiger partial charge < -0.3 is 0 Å². The first-order chi connectivity index (χ1) is 10.5. The molecule has 2 aromatic carbocycles. The zero-order chi connectivity index (χ0) is 15.7. The van der Waals surface area contributed by atoms with Gasteiger partial charge in [0.05, 0.1) is 4.90 Å². The monoisotopic (exact) mass is 315 g/mol. The molecule has 0 N–H and O–H groups in total. The molecule has 0 amide bonds. The molecule has 0 unspecified atom stereocenters. The van der Waals surface area contributed by atoms with E-state index >= 15 is 0 Å². The number of nitrogens with zero attached hydrogens (tertiary/aromatic N) is 1. The molecule has 22 heavy (non-hydrogen) atoms. The molecule has 1 aliphatic rings. The molecule has 3 nitrogen and oxygen atoms in total. The van der Waals surface area contributed by atoms with Crippen LogP contribution in [-0.2, 0) is 10.0 Å². The maximum atomic E-state index is 12.8. The van der Waals surface area contributed by atoms with Crippen LogP contribution in [0.2, 0.25) is 0 Å². The summed E-state index contributed by atoms with van der Waals surface area (Å²) >= 11 is 0. The van der Waals surface area contributed by atoms with Crippen LogP contribution in [0, 0.1) is 12.8 Å². The lowest BCUT2D eigenvalue weighted by Gasteiger charge is -2.17. The molecule has 0 aliphatic carbocycles. The van der Waals surface area contributed by atoms with Crippen LogP contribution >= 0.6 is 0 Å². The Morgan fingerprint density at radius 3 is 2.23 bits per heavy atom. The van der Waals surface area contributed by atoms with Crippen molar-refractivity contribution in [1.29, 1.82) is 0 Å². The molecule has 2 aromatic rings. The molecule has 0 radical (unpaired) electrons. The zero-order valence-corrected chi connectivity index (χ0v) is 13.8. The molecule has 116 valence electrons. The minimum absolute atomic E-state index is 0.265. The van der Waals surface area contributed by atoms with Gasteiger partial charge >= 0.3 is 0 Å². The van der Waals surface area contributed by atoms with Crippen molar-refractivity contribution in [2.24, 2.45) is 5.92 Å². The minimum atomic E-state index is -3.40. The standard InChI is InChI=1S/C18H21NO2S/c1-14-8-10-17(11-9-14)22(20,21)19-12-15(2)18(13-19)16-6-4-3-5-7-16/h3-11,15,18H,12-13H2,1-2H3/t15-,18+/m1/s1.